The number of nitrogens with one attached hydrogen (secondary N) is 2. The fourth-order valence-electron chi connectivity index (χ4n) is 4.62. The van der Waals surface area contributed by atoms with E-state index in [0.29, 0.717) is 43.4 Å². The van der Waals surface area contributed by atoms with Crippen LogP contribution in [0.4, 0.5) is 28.8 Å². The zero-order valence-corrected chi connectivity index (χ0v) is 23.3. The first-order valence-corrected chi connectivity index (χ1v) is 13.5. The van der Waals surface area contributed by atoms with Crippen molar-refractivity contribution < 1.29 is 19.1 Å². The SMILES string of the molecule is COc1cc(N2CCN(C)CC2)ccc1Nc1ncc(Cl)c(Nc2ccccc2C(=O)C(=O)N2CCOCC2)n1. The number of piperazine rings is 1. The van der Waals surface area contributed by atoms with Crippen molar-refractivity contribution >= 4 is 52.1 Å². The summed E-state index contributed by atoms with van der Waals surface area (Å²) in [5.74, 6) is 0.0403. The fraction of sp³-hybridized carbons (Fsp3) is 0.357. The van der Waals surface area contributed by atoms with E-state index in [9.17, 15) is 9.59 Å². The van der Waals surface area contributed by atoms with Crippen molar-refractivity contribution in [2.75, 3.05) is 82.2 Å². The number of benzene rings is 2. The molecule has 2 N–H and O–H groups in total. The van der Waals surface area contributed by atoms with Gasteiger partial charge in [0, 0.05) is 51.0 Å². The molecule has 2 fully saturated rings. The average molecular weight is 566 g/mol. The van der Waals surface area contributed by atoms with Crippen molar-refractivity contribution in [3.8, 4) is 5.75 Å². The quantitative estimate of drug-likeness (QED) is 0.311. The van der Waals surface area contributed by atoms with E-state index in [1.54, 1.807) is 31.4 Å². The number of hydrogen-bond acceptors (Lipinski definition) is 10. The summed E-state index contributed by atoms with van der Waals surface area (Å²) in [6.07, 6.45) is 1.47. The molecule has 3 heterocycles. The summed E-state index contributed by atoms with van der Waals surface area (Å²) in [7, 11) is 3.75. The largest absolute Gasteiger partial charge is 0.494 e. The number of Topliss-reactive ketones (excluding diaryl/α,β-unsaturated/α-hetero) is 1. The molecule has 0 atom stereocenters. The van der Waals surface area contributed by atoms with Gasteiger partial charge in [0.2, 0.25) is 5.95 Å². The van der Waals surface area contributed by atoms with Gasteiger partial charge in [-0.15, -0.1) is 0 Å². The number of amides is 1. The minimum atomic E-state index is -0.612. The maximum Gasteiger partial charge on any atom is 0.295 e. The van der Waals surface area contributed by atoms with Crippen LogP contribution in [0.2, 0.25) is 5.02 Å². The molecule has 1 amide bonds. The van der Waals surface area contributed by atoms with Crippen molar-refractivity contribution in [2.24, 2.45) is 0 Å². The lowest BCUT2D eigenvalue weighted by atomic mass is 10.1. The van der Waals surface area contributed by atoms with Crippen LogP contribution in [-0.4, -0.2) is 98.1 Å². The van der Waals surface area contributed by atoms with E-state index in [0.717, 1.165) is 31.9 Å². The third-order valence-corrected chi connectivity index (χ3v) is 7.24. The molecule has 5 rings (SSSR count). The number of carbonyl (C=O) groups is 2. The van der Waals surface area contributed by atoms with Crippen molar-refractivity contribution in [3.63, 3.8) is 0 Å². The second-order valence-electron chi connectivity index (χ2n) is 9.59. The number of para-hydroxylation sites is 1. The molecular weight excluding hydrogens is 534 g/mol. The summed E-state index contributed by atoms with van der Waals surface area (Å²) in [6.45, 7) is 5.50. The number of anilines is 5. The molecule has 0 saturated carbocycles. The van der Waals surface area contributed by atoms with Crippen LogP contribution >= 0.6 is 11.6 Å². The van der Waals surface area contributed by atoms with E-state index in [4.69, 9.17) is 21.1 Å². The first kappa shape index (κ1) is 27.6. The van der Waals surface area contributed by atoms with Gasteiger partial charge in [0.1, 0.15) is 10.8 Å². The number of aromatic nitrogens is 2. The Morgan fingerprint density at radius 1 is 0.975 bits per heavy atom. The van der Waals surface area contributed by atoms with Crippen LogP contribution in [0.15, 0.2) is 48.7 Å². The summed E-state index contributed by atoms with van der Waals surface area (Å²) in [6, 6.07) is 12.7. The molecule has 2 saturated heterocycles. The number of rotatable bonds is 8. The van der Waals surface area contributed by atoms with Gasteiger partial charge in [-0.2, -0.15) is 4.98 Å². The molecule has 11 nitrogen and oxygen atoms in total. The highest BCUT2D eigenvalue weighted by atomic mass is 35.5. The molecule has 0 spiro atoms. The summed E-state index contributed by atoms with van der Waals surface area (Å²) >= 11 is 6.42. The Morgan fingerprint density at radius 3 is 2.48 bits per heavy atom. The minimum Gasteiger partial charge on any atom is -0.494 e. The number of carbonyl (C=O) groups excluding carboxylic acids is 2. The fourth-order valence-corrected chi connectivity index (χ4v) is 4.76. The topological polar surface area (TPSA) is 112 Å². The molecule has 0 aliphatic carbocycles. The van der Waals surface area contributed by atoms with E-state index < -0.39 is 11.7 Å². The van der Waals surface area contributed by atoms with Crippen molar-refractivity contribution in [1.82, 2.24) is 19.8 Å². The second kappa shape index (κ2) is 12.5. The first-order chi connectivity index (χ1) is 19.4. The molecule has 2 aromatic carbocycles. The zero-order valence-electron chi connectivity index (χ0n) is 22.5. The molecule has 1 aromatic heterocycles. The lowest BCUT2D eigenvalue weighted by Crippen LogP contribution is -2.44. The van der Waals surface area contributed by atoms with Gasteiger partial charge in [-0.3, -0.25) is 9.59 Å². The maximum atomic E-state index is 13.1. The van der Waals surface area contributed by atoms with Gasteiger partial charge in [0.15, 0.2) is 5.82 Å². The van der Waals surface area contributed by atoms with Gasteiger partial charge in [0.05, 0.1) is 43.5 Å². The molecule has 12 heteroatoms. The second-order valence-corrected chi connectivity index (χ2v) is 10.0. The third kappa shape index (κ3) is 6.27. The molecule has 0 unspecified atom stereocenters. The van der Waals surface area contributed by atoms with Gasteiger partial charge in [-0.05, 0) is 31.3 Å². The lowest BCUT2D eigenvalue weighted by molar-refractivity contribution is -0.130. The summed E-state index contributed by atoms with van der Waals surface area (Å²) in [5, 5.41) is 6.56. The Morgan fingerprint density at radius 2 is 1.73 bits per heavy atom. The van der Waals surface area contributed by atoms with E-state index >= 15 is 0 Å². The highest BCUT2D eigenvalue weighted by molar-refractivity contribution is 6.44. The number of ether oxygens (including phenoxy) is 2. The number of nitrogens with zero attached hydrogens (tertiary/aromatic N) is 5. The number of ketones is 1. The van der Waals surface area contributed by atoms with Gasteiger partial charge >= 0.3 is 0 Å². The number of morpholine rings is 1. The summed E-state index contributed by atoms with van der Waals surface area (Å²) < 4.78 is 10.9. The highest BCUT2D eigenvalue weighted by Crippen LogP contribution is 2.33. The van der Waals surface area contributed by atoms with Gasteiger partial charge in [0.25, 0.3) is 11.7 Å². The Bertz CT molecular complexity index is 1370. The Balaban J connectivity index is 1.34. The molecule has 2 aliphatic rings. The van der Waals surface area contributed by atoms with Gasteiger partial charge in [-0.1, -0.05) is 23.7 Å². The molecule has 40 heavy (non-hydrogen) atoms. The first-order valence-electron chi connectivity index (χ1n) is 13.1. The van der Waals surface area contributed by atoms with Crippen molar-refractivity contribution in [1.29, 1.82) is 0 Å². The average Bonchev–Trinajstić information content (AvgIpc) is 2.99. The lowest BCUT2D eigenvalue weighted by Gasteiger charge is -2.34. The van der Waals surface area contributed by atoms with Crippen molar-refractivity contribution in [3.05, 3.63) is 59.2 Å². The van der Waals surface area contributed by atoms with Crippen LogP contribution in [0.1, 0.15) is 10.4 Å². The van der Waals surface area contributed by atoms with E-state index in [1.165, 1.54) is 11.1 Å². The monoisotopic (exact) mass is 565 g/mol. The normalized spacial score (nSPS) is 16.0. The van der Waals surface area contributed by atoms with Crippen LogP contribution in [0.25, 0.3) is 0 Å². The van der Waals surface area contributed by atoms with Crippen LogP contribution in [0, 0.1) is 0 Å². The predicted molar refractivity (Wildman–Crippen MR) is 154 cm³/mol. The molecule has 0 bridgehead atoms. The van der Waals surface area contributed by atoms with Crippen LogP contribution in [0.5, 0.6) is 5.75 Å². The van der Waals surface area contributed by atoms with Gasteiger partial charge in [-0.25, -0.2) is 4.98 Å². The number of likely N-dealkylation sites (N-methyl/N-ethyl adjacent to an activating group) is 1. The number of halogens is 1. The van der Waals surface area contributed by atoms with E-state index in [-0.39, 0.29) is 22.4 Å². The zero-order chi connectivity index (χ0) is 28.1. The Kier molecular flexibility index (Phi) is 8.63. The smallest absolute Gasteiger partial charge is 0.295 e. The van der Waals surface area contributed by atoms with Crippen molar-refractivity contribution in [2.45, 2.75) is 0 Å². The van der Waals surface area contributed by atoms with Gasteiger partial charge < -0.3 is 34.8 Å². The number of hydrogen-bond donors (Lipinski definition) is 2. The summed E-state index contributed by atoms with van der Waals surface area (Å²) in [4.78, 5) is 40.9. The Hall–Kier alpha value is -3.93. The Labute approximate surface area is 238 Å². The van der Waals surface area contributed by atoms with Crippen LogP contribution in [0.3, 0.4) is 0 Å². The maximum absolute atomic E-state index is 13.1. The summed E-state index contributed by atoms with van der Waals surface area (Å²) in [5.41, 5.74) is 2.42. The molecule has 0 radical (unpaired) electrons. The van der Waals surface area contributed by atoms with Crippen LogP contribution in [-0.2, 0) is 9.53 Å². The van der Waals surface area contributed by atoms with E-state index in [1.807, 2.05) is 18.2 Å². The molecule has 210 valence electrons. The van der Waals surface area contributed by atoms with Crippen LogP contribution < -0.4 is 20.3 Å². The molecular formula is C28H32ClN7O4. The standard InChI is InChI=1S/C28H32ClN7O4/c1-34-9-11-35(12-10-34)19-7-8-23(24(17-19)39-2)32-28-30-18-21(29)26(33-28)31-22-6-4-3-5-20(22)25(37)27(38)36-13-15-40-16-14-36/h3-8,17-18H,9-16H2,1-2H3,(H2,30,31,32,33). The minimum absolute atomic E-state index is 0.226. The van der Waals surface area contributed by atoms with E-state index in [2.05, 4.69) is 37.4 Å². The molecule has 2 aliphatic heterocycles. The predicted octanol–water partition coefficient (Wildman–Crippen LogP) is 3.42. The number of methoxy groups -OCH3 is 1. The highest BCUT2D eigenvalue weighted by Gasteiger charge is 2.27. The molecule has 3 aromatic rings. The third-order valence-electron chi connectivity index (χ3n) is 6.96.